The number of rotatable bonds is 8. The minimum absolute atomic E-state index is 0.0193. The van der Waals surface area contributed by atoms with E-state index in [1.54, 1.807) is 18.2 Å². The summed E-state index contributed by atoms with van der Waals surface area (Å²) in [6, 6.07) is 10.3. The van der Waals surface area contributed by atoms with Crippen LogP contribution in [0.25, 0.3) is 0 Å². The number of benzene rings is 1. The van der Waals surface area contributed by atoms with Gasteiger partial charge in [-0.05, 0) is 24.1 Å². The van der Waals surface area contributed by atoms with Gasteiger partial charge in [-0.3, -0.25) is 14.4 Å². The summed E-state index contributed by atoms with van der Waals surface area (Å²) in [5.41, 5.74) is 1.64. The molecule has 6 nitrogen and oxygen atoms in total. The van der Waals surface area contributed by atoms with E-state index in [4.69, 9.17) is 9.15 Å². The van der Waals surface area contributed by atoms with E-state index >= 15 is 0 Å². The lowest BCUT2D eigenvalue weighted by molar-refractivity contribution is -0.142. The third-order valence-corrected chi connectivity index (χ3v) is 3.41. The van der Waals surface area contributed by atoms with Crippen molar-refractivity contribution in [1.82, 2.24) is 5.32 Å². The number of aryl methyl sites for hydroxylation is 1. The van der Waals surface area contributed by atoms with E-state index < -0.39 is 11.9 Å². The Morgan fingerprint density at radius 2 is 1.88 bits per heavy atom. The highest BCUT2D eigenvalue weighted by Gasteiger charge is 2.12. The number of ketones is 1. The Morgan fingerprint density at radius 3 is 2.50 bits per heavy atom. The van der Waals surface area contributed by atoms with E-state index in [-0.39, 0.29) is 31.1 Å². The van der Waals surface area contributed by atoms with Crippen LogP contribution in [-0.2, 0) is 16.0 Å². The van der Waals surface area contributed by atoms with Crippen LogP contribution in [0.2, 0.25) is 0 Å². The van der Waals surface area contributed by atoms with Crippen molar-refractivity contribution < 1.29 is 23.5 Å². The predicted molar refractivity (Wildman–Crippen MR) is 86.8 cm³/mol. The zero-order valence-electron chi connectivity index (χ0n) is 13.4. The number of esters is 1. The van der Waals surface area contributed by atoms with Crippen LogP contribution in [0.5, 0.6) is 0 Å². The molecule has 0 fully saturated rings. The summed E-state index contributed by atoms with van der Waals surface area (Å²) in [6.45, 7) is 1.83. The van der Waals surface area contributed by atoms with Crippen molar-refractivity contribution in [3.63, 3.8) is 0 Å². The van der Waals surface area contributed by atoms with Gasteiger partial charge in [-0.1, -0.05) is 31.2 Å². The second-order valence-corrected chi connectivity index (χ2v) is 5.12. The number of hydrogen-bond acceptors (Lipinski definition) is 5. The van der Waals surface area contributed by atoms with Crippen molar-refractivity contribution in [2.75, 3.05) is 13.2 Å². The van der Waals surface area contributed by atoms with Crippen LogP contribution in [0.1, 0.15) is 39.8 Å². The molecule has 1 N–H and O–H groups in total. The van der Waals surface area contributed by atoms with Gasteiger partial charge >= 0.3 is 5.97 Å². The first-order chi connectivity index (χ1) is 11.6. The second-order valence-electron chi connectivity index (χ2n) is 5.12. The van der Waals surface area contributed by atoms with E-state index in [0.29, 0.717) is 5.56 Å². The van der Waals surface area contributed by atoms with Gasteiger partial charge in [-0.2, -0.15) is 0 Å². The highest BCUT2D eigenvalue weighted by atomic mass is 16.5. The van der Waals surface area contributed by atoms with Gasteiger partial charge in [0.25, 0.3) is 5.91 Å². The summed E-state index contributed by atoms with van der Waals surface area (Å²) in [4.78, 5) is 35.1. The molecule has 0 saturated heterocycles. The molecule has 0 radical (unpaired) electrons. The molecule has 1 amide bonds. The number of amides is 1. The van der Waals surface area contributed by atoms with Crippen LogP contribution in [0.15, 0.2) is 47.1 Å². The largest absolute Gasteiger partial charge is 0.459 e. The maximum atomic E-state index is 11.9. The molecule has 0 saturated carbocycles. The number of hydrogen-bond donors (Lipinski definition) is 1. The number of furan rings is 1. The molecule has 0 unspecified atom stereocenters. The molecule has 0 bridgehead atoms. The van der Waals surface area contributed by atoms with Gasteiger partial charge in [-0.25, -0.2) is 0 Å². The first-order valence-corrected chi connectivity index (χ1v) is 7.69. The average molecular weight is 329 g/mol. The molecule has 126 valence electrons. The van der Waals surface area contributed by atoms with Crippen molar-refractivity contribution >= 4 is 17.7 Å². The summed E-state index contributed by atoms with van der Waals surface area (Å²) in [7, 11) is 0. The van der Waals surface area contributed by atoms with Crippen molar-refractivity contribution in [2.24, 2.45) is 0 Å². The Labute approximate surface area is 139 Å². The summed E-state index contributed by atoms with van der Waals surface area (Å²) < 4.78 is 9.85. The van der Waals surface area contributed by atoms with Gasteiger partial charge in [0.2, 0.25) is 0 Å². The molecule has 2 aromatic rings. The topological polar surface area (TPSA) is 85.6 Å². The van der Waals surface area contributed by atoms with Crippen molar-refractivity contribution in [3.8, 4) is 0 Å². The zero-order valence-corrected chi connectivity index (χ0v) is 13.4. The van der Waals surface area contributed by atoms with Crippen LogP contribution in [0.3, 0.4) is 0 Å². The molecular weight excluding hydrogens is 310 g/mol. The normalized spacial score (nSPS) is 10.2. The number of Topliss-reactive ketones (excluding diaryl/α,β-unsaturated/α-hetero) is 1. The Hall–Kier alpha value is -2.89. The average Bonchev–Trinajstić information content (AvgIpc) is 3.14. The second kappa shape index (κ2) is 8.67. The monoisotopic (exact) mass is 329 g/mol. The highest BCUT2D eigenvalue weighted by molar-refractivity contribution is 5.98. The van der Waals surface area contributed by atoms with E-state index in [1.165, 1.54) is 12.3 Å². The molecule has 0 aliphatic rings. The van der Waals surface area contributed by atoms with E-state index in [0.717, 1.165) is 12.0 Å². The molecule has 1 aromatic carbocycles. The van der Waals surface area contributed by atoms with Crippen LogP contribution in [0, 0.1) is 0 Å². The standard InChI is InChI=1S/C18H19NO5/c1-2-13-5-7-14(8-6-13)15(20)12-24-17(21)9-10-19-18(22)16-4-3-11-23-16/h3-8,11H,2,9-10,12H2,1H3,(H,19,22). The first-order valence-electron chi connectivity index (χ1n) is 7.69. The van der Waals surface area contributed by atoms with Crippen LogP contribution in [-0.4, -0.2) is 30.8 Å². The van der Waals surface area contributed by atoms with Gasteiger partial charge in [-0.15, -0.1) is 0 Å². The molecule has 0 atom stereocenters. The predicted octanol–water partition coefficient (Wildman–Crippen LogP) is 2.39. The van der Waals surface area contributed by atoms with E-state index in [2.05, 4.69) is 5.32 Å². The quantitative estimate of drug-likeness (QED) is 0.594. The van der Waals surface area contributed by atoms with Crippen molar-refractivity contribution in [3.05, 3.63) is 59.5 Å². The third kappa shape index (κ3) is 5.08. The van der Waals surface area contributed by atoms with Crippen molar-refractivity contribution in [1.29, 1.82) is 0 Å². The smallest absolute Gasteiger partial charge is 0.308 e. The highest BCUT2D eigenvalue weighted by Crippen LogP contribution is 2.06. The molecule has 1 aromatic heterocycles. The minimum atomic E-state index is -0.548. The van der Waals surface area contributed by atoms with Gasteiger partial charge in [0.1, 0.15) is 0 Å². The lowest BCUT2D eigenvalue weighted by Crippen LogP contribution is -2.26. The summed E-state index contributed by atoms with van der Waals surface area (Å²) in [5, 5.41) is 2.53. The van der Waals surface area contributed by atoms with Crippen molar-refractivity contribution in [2.45, 2.75) is 19.8 Å². The fourth-order valence-electron chi connectivity index (χ4n) is 2.00. The lowest BCUT2D eigenvalue weighted by Gasteiger charge is -2.06. The van der Waals surface area contributed by atoms with Gasteiger partial charge in [0.15, 0.2) is 18.2 Å². The van der Waals surface area contributed by atoms with Gasteiger partial charge in [0, 0.05) is 12.1 Å². The Balaban J connectivity index is 1.68. The van der Waals surface area contributed by atoms with Crippen LogP contribution < -0.4 is 5.32 Å². The SMILES string of the molecule is CCc1ccc(C(=O)COC(=O)CCNC(=O)c2ccco2)cc1. The number of ether oxygens (including phenoxy) is 1. The van der Waals surface area contributed by atoms with E-state index in [9.17, 15) is 14.4 Å². The van der Waals surface area contributed by atoms with Crippen LogP contribution >= 0.6 is 0 Å². The Morgan fingerprint density at radius 1 is 1.12 bits per heavy atom. The summed E-state index contributed by atoms with van der Waals surface area (Å²) in [5.74, 6) is -1.03. The summed E-state index contributed by atoms with van der Waals surface area (Å²) in [6.07, 6.45) is 2.27. The Kier molecular flexibility index (Phi) is 6.31. The fraction of sp³-hybridized carbons (Fsp3) is 0.278. The Bertz CT molecular complexity index is 689. The molecule has 0 aliphatic carbocycles. The lowest BCUT2D eigenvalue weighted by atomic mass is 10.1. The number of carbonyl (C=O) groups is 3. The number of carbonyl (C=O) groups excluding carboxylic acids is 3. The molecular formula is C18H19NO5. The number of nitrogens with one attached hydrogen (secondary N) is 1. The molecule has 1 heterocycles. The van der Waals surface area contributed by atoms with Gasteiger partial charge < -0.3 is 14.5 Å². The van der Waals surface area contributed by atoms with Gasteiger partial charge in [0.05, 0.1) is 12.7 Å². The summed E-state index contributed by atoms with van der Waals surface area (Å²) >= 11 is 0. The molecule has 0 spiro atoms. The van der Waals surface area contributed by atoms with Crippen LogP contribution in [0.4, 0.5) is 0 Å². The third-order valence-electron chi connectivity index (χ3n) is 3.41. The molecule has 2 rings (SSSR count). The maximum Gasteiger partial charge on any atom is 0.308 e. The minimum Gasteiger partial charge on any atom is -0.459 e. The van der Waals surface area contributed by atoms with E-state index in [1.807, 2.05) is 19.1 Å². The maximum absolute atomic E-state index is 11.9. The zero-order chi connectivity index (χ0) is 17.4. The first kappa shape index (κ1) is 17.5. The fourth-order valence-corrected chi connectivity index (χ4v) is 2.00. The molecule has 6 heteroatoms. The molecule has 0 aliphatic heterocycles. The molecule has 24 heavy (non-hydrogen) atoms.